The van der Waals surface area contributed by atoms with Gasteiger partial charge in [0, 0.05) is 0 Å². The third-order valence-corrected chi connectivity index (χ3v) is 3.86. The minimum atomic E-state index is -0.697. The number of nitrogens with one attached hydrogen (secondary N) is 1. The number of esters is 1. The van der Waals surface area contributed by atoms with Gasteiger partial charge >= 0.3 is 5.97 Å². The highest BCUT2D eigenvalue weighted by atomic mass is 35.5. The Labute approximate surface area is 154 Å². The molecule has 126 valence electrons. The Balaban J connectivity index is 2.37. The van der Waals surface area contributed by atoms with Crippen molar-refractivity contribution in [3.8, 4) is 6.07 Å². The van der Waals surface area contributed by atoms with E-state index in [2.05, 4.69) is 5.32 Å². The van der Waals surface area contributed by atoms with E-state index in [1.165, 1.54) is 19.3 Å². The third-order valence-electron chi connectivity index (χ3n) is 3.23. The lowest BCUT2D eigenvalue weighted by Crippen LogP contribution is -2.14. The van der Waals surface area contributed by atoms with Crippen LogP contribution in [0.4, 0.5) is 5.69 Å². The smallest absolute Gasteiger partial charge is 0.338 e. The van der Waals surface area contributed by atoms with Gasteiger partial charge in [-0.3, -0.25) is 4.79 Å². The Morgan fingerprint density at radius 2 is 1.76 bits per heavy atom. The molecular formula is C18H12Cl2N2O3. The number of anilines is 1. The second kappa shape index (κ2) is 8.34. The summed E-state index contributed by atoms with van der Waals surface area (Å²) in [6, 6.07) is 13.0. The van der Waals surface area contributed by atoms with Gasteiger partial charge in [-0.2, -0.15) is 5.26 Å². The van der Waals surface area contributed by atoms with Gasteiger partial charge in [-0.25, -0.2) is 4.79 Å². The first kappa shape index (κ1) is 18.5. The fraction of sp³-hybridized carbons (Fsp3) is 0.0556. The van der Waals surface area contributed by atoms with Gasteiger partial charge in [0.25, 0.3) is 5.91 Å². The summed E-state index contributed by atoms with van der Waals surface area (Å²) >= 11 is 12.0. The van der Waals surface area contributed by atoms with Gasteiger partial charge in [0.05, 0.1) is 28.4 Å². The van der Waals surface area contributed by atoms with Crippen molar-refractivity contribution in [2.24, 2.45) is 0 Å². The fourth-order valence-electron chi connectivity index (χ4n) is 2.02. The number of carbonyl (C=O) groups is 2. The summed E-state index contributed by atoms with van der Waals surface area (Å²) in [5.74, 6) is -1.27. The Bertz CT molecular complexity index is 881. The highest BCUT2D eigenvalue weighted by Crippen LogP contribution is 2.30. The van der Waals surface area contributed by atoms with Crippen LogP contribution >= 0.6 is 23.2 Å². The van der Waals surface area contributed by atoms with E-state index in [9.17, 15) is 14.9 Å². The number of nitrogens with zero attached hydrogens (tertiary/aromatic N) is 1. The van der Waals surface area contributed by atoms with E-state index in [4.69, 9.17) is 27.9 Å². The zero-order chi connectivity index (χ0) is 18.4. The zero-order valence-electron chi connectivity index (χ0n) is 13.0. The van der Waals surface area contributed by atoms with Crippen LogP contribution in [0, 0.1) is 11.3 Å². The maximum Gasteiger partial charge on any atom is 0.338 e. The molecule has 0 atom stereocenters. The van der Waals surface area contributed by atoms with Crippen LogP contribution in [0.5, 0.6) is 0 Å². The van der Waals surface area contributed by atoms with Crippen LogP contribution in [0.3, 0.4) is 0 Å². The Morgan fingerprint density at radius 1 is 1.12 bits per heavy atom. The molecule has 0 heterocycles. The minimum absolute atomic E-state index is 0.207. The average Bonchev–Trinajstić information content (AvgIpc) is 2.62. The van der Waals surface area contributed by atoms with Crippen LogP contribution in [-0.2, 0) is 9.53 Å². The molecule has 25 heavy (non-hydrogen) atoms. The molecule has 0 saturated carbocycles. The van der Waals surface area contributed by atoms with Crippen molar-refractivity contribution in [3.05, 3.63) is 69.2 Å². The zero-order valence-corrected chi connectivity index (χ0v) is 14.6. The first-order valence-electron chi connectivity index (χ1n) is 7.02. The van der Waals surface area contributed by atoms with E-state index in [0.29, 0.717) is 5.56 Å². The SMILES string of the molecule is COC(=O)c1ccccc1/C=C(\C#N)C(=O)Nc1c(Cl)cccc1Cl. The van der Waals surface area contributed by atoms with Gasteiger partial charge in [-0.15, -0.1) is 0 Å². The number of hydrogen-bond donors (Lipinski definition) is 1. The van der Waals surface area contributed by atoms with Crippen molar-refractivity contribution < 1.29 is 14.3 Å². The van der Waals surface area contributed by atoms with E-state index in [1.807, 2.05) is 0 Å². The summed E-state index contributed by atoms with van der Waals surface area (Å²) in [6.07, 6.45) is 1.30. The normalized spacial score (nSPS) is 10.7. The lowest BCUT2D eigenvalue weighted by atomic mass is 10.0. The summed E-state index contributed by atoms with van der Waals surface area (Å²) < 4.78 is 4.69. The number of carbonyl (C=O) groups excluding carboxylic acids is 2. The quantitative estimate of drug-likeness (QED) is 0.490. The molecule has 1 N–H and O–H groups in total. The molecule has 0 aliphatic heterocycles. The number of rotatable bonds is 4. The molecular weight excluding hydrogens is 363 g/mol. The number of hydrogen-bond acceptors (Lipinski definition) is 4. The molecule has 0 saturated heterocycles. The standard InChI is InChI=1S/C18H12Cl2N2O3/c1-25-18(24)13-6-3-2-5-11(13)9-12(10-21)17(23)22-16-14(19)7-4-8-15(16)20/h2-9H,1H3,(H,22,23)/b12-9+. The highest BCUT2D eigenvalue weighted by molar-refractivity contribution is 6.40. The summed E-state index contributed by atoms with van der Waals surface area (Å²) in [7, 11) is 1.25. The first-order chi connectivity index (χ1) is 12.0. The molecule has 2 rings (SSSR count). The van der Waals surface area contributed by atoms with Crippen LogP contribution < -0.4 is 5.32 Å². The molecule has 7 heteroatoms. The van der Waals surface area contributed by atoms with Crippen molar-refractivity contribution in [2.45, 2.75) is 0 Å². The average molecular weight is 375 g/mol. The van der Waals surface area contributed by atoms with E-state index in [0.717, 1.165) is 0 Å². The highest BCUT2D eigenvalue weighted by Gasteiger charge is 2.16. The van der Waals surface area contributed by atoms with Crippen LogP contribution in [0.25, 0.3) is 6.08 Å². The van der Waals surface area contributed by atoms with Gasteiger partial charge in [-0.05, 0) is 29.8 Å². The molecule has 1 amide bonds. The molecule has 5 nitrogen and oxygen atoms in total. The van der Waals surface area contributed by atoms with Crippen LogP contribution in [0.15, 0.2) is 48.0 Å². The van der Waals surface area contributed by atoms with Gasteiger partial charge in [0.1, 0.15) is 11.6 Å². The predicted molar refractivity (Wildman–Crippen MR) is 96.5 cm³/mol. The number of halogens is 2. The van der Waals surface area contributed by atoms with Crippen molar-refractivity contribution in [1.82, 2.24) is 0 Å². The molecule has 0 unspecified atom stereocenters. The van der Waals surface area contributed by atoms with Crippen molar-refractivity contribution in [2.75, 3.05) is 12.4 Å². The largest absolute Gasteiger partial charge is 0.465 e. The van der Waals surface area contributed by atoms with E-state index in [1.54, 1.807) is 42.5 Å². The third kappa shape index (κ3) is 4.38. The van der Waals surface area contributed by atoms with Crippen LogP contribution in [-0.4, -0.2) is 19.0 Å². The number of methoxy groups -OCH3 is 1. The number of para-hydroxylation sites is 1. The molecule has 0 radical (unpaired) electrons. The maximum atomic E-state index is 12.4. The second-order valence-electron chi connectivity index (χ2n) is 4.80. The number of ether oxygens (including phenoxy) is 1. The topological polar surface area (TPSA) is 79.2 Å². The molecule has 2 aromatic carbocycles. The van der Waals surface area contributed by atoms with E-state index < -0.39 is 11.9 Å². The Hall–Kier alpha value is -2.81. The summed E-state index contributed by atoms with van der Waals surface area (Å²) in [6.45, 7) is 0. The van der Waals surface area contributed by atoms with Crippen molar-refractivity contribution in [3.63, 3.8) is 0 Å². The summed E-state index contributed by atoms with van der Waals surface area (Å²) in [5, 5.41) is 12.3. The lowest BCUT2D eigenvalue weighted by Gasteiger charge is -2.09. The summed E-state index contributed by atoms with van der Waals surface area (Å²) in [4.78, 5) is 24.2. The predicted octanol–water partition coefficient (Wildman–Crippen LogP) is 4.33. The number of benzene rings is 2. The molecule has 0 spiro atoms. The minimum Gasteiger partial charge on any atom is -0.465 e. The van der Waals surface area contributed by atoms with E-state index >= 15 is 0 Å². The lowest BCUT2D eigenvalue weighted by molar-refractivity contribution is -0.112. The van der Waals surface area contributed by atoms with Crippen LogP contribution in [0.2, 0.25) is 10.0 Å². The number of nitriles is 1. The number of amides is 1. The second-order valence-corrected chi connectivity index (χ2v) is 5.61. The molecule has 0 aromatic heterocycles. The summed E-state index contributed by atoms with van der Waals surface area (Å²) in [5.41, 5.74) is 0.609. The van der Waals surface area contributed by atoms with Gasteiger partial charge in [-0.1, -0.05) is 47.5 Å². The molecule has 0 fully saturated rings. The maximum absolute atomic E-state index is 12.4. The fourth-order valence-corrected chi connectivity index (χ4v) is 2.51. The monoisotopic (exact) mass is 374 g/mol. The van der Waals surface area contributed by atoms with Gasteiger partial charge in [0.2, 0.25) is 0 Å². The molecule has 2 aromatic rings. The first-order valence-corrected chi connectivity index (χ1v) is 7.78. The molecule has 0 bridgehead atoms. The van der Waals surface area contributed by atoms with Crippen molar-refractivity contribution in [1.29, 1.82) is 5.26 Å². The van der Waals surface area contributed by atoms with E-state index in [-0.39, 0.29) is 26.9 Å². The molecule has 0 aliphatic carbocycles. The Morgan fingerprint density at radius 3 is 2.36 bits per heavy atom. The Kier molecular flexibility index (Phi) is 6.18. The van der Waals surface area contributed by atoms with Crippen LogP contribution in [0.1, 0.15) is 15.9 Å². The van der Waals surface area contributed by atoms with Gasteiger partial charge in [0.15, 0.2) is 0 Å². The van der Waals surface area contributed by atoms with Crippen molar-refractivity contribution >= 4 is 46.8 Å². The molecule has 0 aliphatic rings. The van der Waals surface area contributed by atoms with Gasteiger partial charge < -0.3 is 10.1 Å².